The van der Waals surface area contributed by atoms with Gasteiger partial charge in [0.2, 0.25) is 0 Å². The Morgan fingerprint density at radius 2 is 2.00 bits per heavy atom. The smallest absolute Gasteiger partial charge is 0.0739 e. The lowest BCUT2D eigenvalue weighted by molar-refractivity contribution is 0.712. The van der Waals surface area contributed by atoms with Crippen LogP contribution in [0.4, 0.5) is 5.69 Å². The Kier molecular flexibility index (Phi) is 4.30. The van der Waals surface area contributed by atoms with E-state index in [1.54, 1.807) is 0 Å². The van der Waals surface area contributed by atoms with Crippen molar-refractivity contribution in [2.75, 3.05) is 5.32 Å². The summed E-state index contributed by atoms with van der Waals surface area (Å²) in [4.78, 5) is 0. The van der Waals surface area contributed by atoms with Gasteiger partial charge >= 0.3 is 0 Å². The molecule has 0 atom stereocenters. The van der Waals surface area contributed by atoms with Gasteiger partial charge in [-0.2, -0.15) is 5.10 Å². The fraction of sp³-hybridized carbons (Fsp3) is 0.308. The molecular formula is C13H15BrClN3. The monoisotopic (exact) mass is 327 g/mol. The first-order valence-corrected chi connectivity index (χ1v) is 7.01. The molecule has 2 rings (SSSR count). The third kappa shape index (κ3) is 2.87. The fourth-order valence-electron chi connectivity index (χ4n) is 1.77. The Labute approximate surface area is 120 Å². The van der Waals surface area contributed by atoms with Crippen LogP contribution in [0.1, 0.15) is 17.0 Å². The zero-order valence-corrected chi connectivity index (χ0v) is 12.7. The van der Waals surface area contributed by atoms with Crippen LogP contribution in [0.5, 0.6) is 0 Å². The number of nitrogens with one attached hydrogen (secondary N) is 1. The molecule has 96 valence electrons. The Morgan fingerprint density at radius 3 is 2.50 bits per heavy atom. The van der Waals surface area contributed by atoms with Gasteiger partial charge in [-0.1, -0.05) is 12.1 Å². The lowest BCUT2D eigenvalue weighted by Crippen LogP contribution is -2.06. The van der Waals surface area contributed by atoms with E-state index in [1.807, 2.05) is 42.9 Å². The second-order valence-corrected chi connectivity index (χ2v) is 5.21. The summed E-state index contributed by atoms with van der Waals surface area (Å²) >= 11 is 9.31. The number of aryl methyl sites for hydroxylation is 2. The zero-order chi connectivity index (χ0) is 13.1. The minimum Gasteiger partial charge on any atom is -0.379 e. The van der Waals surface area contributed by atoms with E-state index in [9.17, 15) is 0 Å². The third-order valence-electron chi connectivity index (χ3n) is 2.83. The van der Waals surface area contributed by atoms with E-state index >= 15 is 0 Å². The lowest BCUT2D eigenvalue weighted by Gasteiger charge is -2.08. The molecular weight excluding hydrogens is 314 g/mol. The number of alkyl halides is 1. The van der Waals surface area contributed by atoms with E-state index in [0.29, 0.717) is 5.88 Å². The van der Waals surface area contributed by atoms with E-state index in [4.69, 9.17) is 11.6 Å². The molecule has 2 aromatic rings. The van der Waals surface area contributed by atoms with E-state index in [1.165, 1.54) is 0 Å². The van der Waals surface area contributed by atoms with E-state index in [2.05, 4.69) is 26.3 Å². The summed E-state index contributed by atoms with van der Waals surface area (Å²) in [7, 11) is 1.95. The van der Waals surface area contributed by atoms with E-state index < -0.39 is 0 Å². The molecule has 1 N–H and O–H groups in total. The maximum Gasteiger partial charge on any atom is 0.0739 e. The number of hydrogen-bond acceptors (Lipinski definition) is 2. The van der Waals surface area contributed by atoms with Crippen molar-refractivity contribution in [3.8, 4) is 0 Å². The Balaban J connectivity index is 2.06. The molecule has 0 spiro atoms. The number of rotatable bonds is 4. The largest absolute Gasteiger partial charge is 0.379 e. The lowest BCUT2D eigenvalue weighted by atomic mass is 10.2. The van der Waals surface area contributed by atoms with Gasteiger partial charge < -0.3 is 5.32 Å². The number of anilines is 1. The quantitative estimate of drug-likeness (QED) is 0.864. The molecule has 1 heterocycles. The van der Waals surface area contributed by atoms with Crippen LogP contribution in [-0.2, 0) is 19.5 Å². The van der Waals surface area contributed by atoms with Crippen molar-refractivity contribution in [1.29, 1.82) is 0 Å². The molecule has 3 nitrogen and oxygen atoms in total. The van der Waals surface area contributed by atoms with Gasteiger partial charge in [-0.25, -0.2) is 0 Å². The molecule has 0 saturated carbocycles. The van der Waals surface area contributed by atoms with Crippen LogP contribution in [0.25, 0.3) is 0 Å². The minimum atomic E-state index is 0.548. The normalized spacial score (nSPS) is 10.7. The summed E-state index contributed by atoms with van der Waals surface area (Å²) in [5.74, 6) is 0.548. The molecule has 0 bridgehead atoms. The van der Waals surface area contributed by atoms with E-state index in [-0.39, 0.29) is 0 Å². The maximum absolute atomic E-state index is 5.76. The van der Waals surface area contributed by atoms with Gasteiger partial charge in [0.15, 0.2) is 0 Å². The number of benzene rings is 1. The summed E-state index contributed by atoms with van der Waals surface area (Å²) in [6.45, 7) is 2.72. The topological polar surface area (TPSA) is 29.9 Å². The molecule has 0 amide bonds. The minimum absolute atomic E-state index is 0.548. The van der Waals surface area contributed by atoms with Crippen molar-refractivity contribution in [1.82, 2.24) is 9.78 Å². The molecule has 0 fully saturated rings. The highest BCUT2D eigenvalue weighted by Crippen LogP contribution is 2.21. The molecule has 0 aliphatic heterocycles. The molecule has 0 aliphatic carbocycles. The van der Waals surface area contributed by atoms with E-state index in [0.717, 1.165) is 33.7 Å². The molecule has 0 radical (unpaired) electrons. The predicted molar refractivity (Wildman–Crippen MR) is 79.0 cm³/mol. The van der Waals surface area contributed by atoms with Crippen molar-refractivity contribution in [2.45, 2.75) is 19.3 Å². The van der Waals surface area contributed by atoms with Crippen molar-refractivity contribution in [3.05, 3.63) is 45.7 Å². The van der Waals surface area contributed by atoms with Crippen molar-refractivity contribution in [2.24, 2.45) is 7.05 Å². The maximum atomic E-state index is 5.76. The molecule has 0 unspecified atom stereocenters. The third-order valence-corrected chi connectivity index (χ3v) is 4.17. The van der Waals surface area contributed by atoms with Crippen molar-refractivity contribution >= 4 is 33.2 Å². The first kappa shape index (κ1) is 13.4. The molecule has 0 aliphatic rings. The van der Waals surface area contributed by atoms with Crippen LogP contribution >= 0.6 is 27.5 Å². The fourth-order valence-corrected chi connectivity index (χ4v) is 2.42. The van der Waals surface area contributed by atoms with Crippen LogP contribution < -0.4 is 5.32 Å². The summed E-state index contributed by atoms with van der Waals surface area (Å²) in [5, 5.41) is 7.74. The van der Waals surface area contributed by atoms with Gasteiger partial charge in [0.1, 0.15) is 0 Å². The average molecular weight is 329 g/mol. The molecule has 1 aromatic heterocycles. The van der Waals surface area contributed by atoms with Crippen LogP contribution in [0.3, 0.4) is 0 Å². The summed E-state index contributed by atoms with van der Waals surface area (Å²) in [6.07, 6.45) is 0. The number of aromatic nitrogens is 2. The van der Waals surface area contributed by atoms with Crippen molar-refractivity contribution < 1.29 is 0 Å². The first-order chi connectivity index (χ1) is 8.61. The summed E-state index contributed by atoms with van der Waals surface area (Å²) in [6, 6.07) is 8.13. The Bertz CT molecular complexity index is 534. The van der Waals surface area contributed by atoms with Gasteiger partial charge in [0.05, 0.1) is 22.4 Å². The second kappa shape index (κ2) is 5.76. The first-order valence-electron chi connectivity index (χ1n) is 5.68. The van der Waals surface area contributed by atoms with Crippen LogP contribution in [0.15, 0.2) is 28.7 Å². The highest BCUT2D eigenvalue weighted by atomic mass is 79.9. The molecule has 18 heavy (non-hydrogen) atoms. The number of nitrogens with zero attached hydrogens (tertiary/aromatic N) is 2. The average Bonchev–Trinajstić information content (AvgIpc) is 2.62. The molecule has 1 aromatic carbocycles. The summed E-state index contributed by atoms with van der Waals surface area (Å²) in [5.41, 5.74) is 4.34. The van der Waals surface area contributed by atoms with Gasteiger partial charge in [0, 0.05) is 18.6 Å². The highest BCUT2D eigenvalue weighted by molar-refractivity contribution is 9.10. The SMILES string of the molecule is Cc1nn(C)c(CNc2ccc(CCl)cc2)c1Br. The van der Waals surface area contributed by atoms with Crippen LogP contribution in [-0.4, -0.2) is 9.78 Å². The predicted octanol–water partition coefficient (Wildman–Crippen LogP) is 3.84. The number of hydrogen-bond donors (Lipinski definition) is 1. The van der Waals surface area contributed by atoms with Crippen molar-refractivity contribution in [3.63, 3.8) is 0 Å². The summed E-state index contributed by atoms with van der Waals surface area (Å²) < 4.78 is 2.95. The van der Waals surface area contributed by atoms with Crippen LogP contribution in [0, 0.1) is 6.92 Å². The van der Waals surface area contributed by atoms with Crippen LogP contribution in [0.2, 0.25) is 0 Å². The molecule has 5 heteroatoms. The Hall–Kier alpha value is -1.000. The number of halogens is 2. The van der Waals surface area contributed by atoms with Gasteiger partial charge in [-0.3, -0.25) is 4.68 Å². The van der Waals surface area contributed by atoms with Gasteiger partial charge in [-0.05, 0) is 40.5 Å². The standard InChI is InChI=1S/C13H15BrClN3/c1-9-13(14)12(18(2)17-9)8-16-11-5-3-10(7-15)4-6-11/h3-6,16H,7-8H2,1-2H3. The Morgan fingerprint density at radius 1 is 1.33 bits per heavy atom. The van der Waals surface area contributed by atoms with Gasteiger partial charge in [-0.15, -0.1) is 11.6 Å². The van der Waals surface area contributed by atoms with Gasteiger partial charge in [0.25, 0.3) is 0 Å². The zero-order valence-electron chi connectivity index (χ0n) is 10.4. The highest BCUT2D eigenvalue weighted by Gasteiger charge is 2.09. The second-order valence-electron chi connectivity index (χ2n) is 4.15. The molecule has 0 saturated heterocycles.